The van der Waals surface area contributed by atoms with Gasteiger partial charge in [-0.15, -0.1) is 5.10 Å². The molecule has 5 heteroatoms. The molecular formula is C7H6N2O3. The minimum absolute atomic E-state index is 0.326. The summed E-state index contributed by atoms with van der Waals surface area (Å²) in [5, 5.41) is 15.1. The Balaban J connectivity index is 3.57. The normalized spacial score (nSPS) is 9.42. The zero-order valence-corrected chi connectivity index (χ0v) is 6.31. The number of rotatable bonds is 1. The summed E-state index contributed by atoms with van der Waals surface area (Å²) in [6.07, 6.45) is 1.28. The summed E-state index contributed by atoms with van der Waals surface area (Å²) in [6.45, 7) is 1.52. The lowest BCUT2D eigenvalue weighted by Crippen LogP contribution is -2.16. The molecule has 0 aliphatic rings. The highest BCUT2D eigenvalue weighted by molar-refractivity contribution is 5.88. The summed E-state index contributed by atoms with van der Waals surface area (Å²) < 4.78 is 0. The van der Waals surface area contributed by atoms with Gasteiger partial charge in [0.05, 0.1) is 0 Å². The summed E-state index contributed by atoms with van der Waals surface area (Å²) in [6, 6.07) is 1.43. The maximum atomic E-state index is 10.9. The Hall–Kier alpha value is -1.78. The third-order valence-corrected chi connectivity index (χ3v) is 1.36. The van der Waals surface area contributed by atoms with Crippen molar-refractivity contribution >= 4 is 5.97 Å². The fourth-order valence-electron chi connectivity index (χ4n) is 0.793. The van der Waals surface area contributed by atoms with Crippen molar-refractivity contribution in [2.75, 3.05) is 0 Å². The first kappa shape index (κ1) is 8.32. The molecule has 0 saturated heterocycles. The molecule has 62 valence electrons. The second-order valence-corrected chi connectivity index (χ2v) is 2.20. The summed E-state index contributed by atoms with van der Waals surface area (Å²) in [5.74, 6) is -1.27. The van der Waals surface area contributed by atoms with Crippen molar-refractivity contribution in [1.29, 1.82) is 0 Å². The fraction of sp³-hybridized carbons (Fsp3) is 0.143. The van der Waals surface area contributed by atoms with E-state index in [0.717, 1.165) is 0 Å². The number of nitrogens with zero attached hydrogens (tertiary/aromatic N) is 2. The molecule has 1 aromatic heterocycles. The molecule has 0 bridgehead atoms. The van der Waals surface area contributed by atoms with Gasteiger partial charge in [0, 0.05) is 6.20 Å². The minimum atomic E-state index is -1.27. The lowest BCUT2D eigenvalue weighted by atomic mass is 10.2. The first-order valence-corrected chi connectivity index (χ1v) is 3.19. The number of carboxylic acids is 1. The second kappa shape index (κ2) is 3.08. The molecule has 12 heavy (non-hydrogen) atoms. The van der Waals surface area contributed by atoms with E-state index in [1.54, 1.807) is 0 Å². The van der Waals surface area contributed by atoms with E-state index in [2.05, 4.69) is 10.2 Å². The highest BCUT2D eigenvalue weighted by Crippen LogP contribution is 1.97. The zero-order chi connectivity index (χ0) is 9.14. The molecule has 0 fully saturated rings. The second-order valence-electron chi connectivity index (χ2n) is 2.20. The van der Waals surface area contributed by atoms with Crippen LogP contribution in [0.1, 0.15) is 15.9 Å². The summed E-state index contributed by atoms with van der Waals surface area (Å²) in [5.41, 5.74) is -0.782. The molecule has 5 nitrogen and oxygen atoms in total. The molecule has 1 N–H and O–H groups in total. The van der Waals surface area contributed by atoms with Gasteiger partial charge in [-0.25, -0.2) is 4.79 Å². The van der Waals surface area contributed by atoms with Crippen molar-refractivity contribution in [3.63, 3.8) is 0 Å². The van der Waals surface area contributed by atoms with E-state index >= 15 is 0 Å². The van der Waals surface area contributed by atoms with Crippen LogP contribution in [0, 0.1) is 6.92 Å². The fourth-order valence-corrected chi connectivity index (χ4v) is 0.793. The first-order chi connectivity index (χ1) is 5.63. The number of aromatic nitrogens is 2. The van der Waals surface area contributed by atoms with Gasteiger partial charge in [-0.3, -0.25) is 4.79 Å². The van der Waals surface area contributed by atoms with Gasteiger partial charge in [-0.2, -0.15) is 5.10 Å². The van der Waals surface area contributed by atoms with Crippen LogP contribution in [-0.2, 0) is 0 Å². The molecular weight excluding hydrogens is 160 g/mol. The van der Waals surface area contributed by atoms with E-state index in [9.17, 15) is 9.59 Å². The first-order valence-electron chi connectivity index (χ1n) is 3.19. The van der Waals surface area contributed by atoms with Crippen LogP contribution >= 0.6 is 0 Å². The third-order valence-electron chi connectivity index (χ3n) is 1.36. The molecule has 0 aromatic carbocycles. The van der Waals surface area contributed by atoms with Gasteiger partial charge in [0.15, 0.2) is 0 Å². The highest BCUT2D eigenvalue weighted by atomic mass is 16.4. The van der Waals surface area contributed by atoms with Crippen molar-refractivity contribution in [3.05, 3.63) is 33.7 Å². The highest BCUT2D eigenvalue weighted by Gasteiger charge is 2.10. The lowest BCUT2D eigenvalue weighted by molar-refractivity contribution is 0.0694. The van der Waals surface area contributed by atoms with E-state index in [4.69, 9.17) is 5.11 Å². The lowest BCUT2D eigenvalue weighted by Gasteiger charge is -1.89. The molecule has 0 aliphatic carbocycles. The van der Waals surface area contributed by atoms with E-state index in [-0.39, 0.29) is 5.56 Å². The Morgan fingerprint density at radius 3 is 2.83 bits per heavy atom. The maximum Gasteiger partial charge on any atom is 0.341 e. The predicted octanol–water partition coefficient (Wildman–Crippen LogP) is -0.157. The molecule has 0 aliphatic heterocycles. The third kappa shape index (κ3) is 1.45. The SMILES string of the molecule is Cc1ccnnc(=O)c1C(=O)O. The van der Waals surface area contributed by atoms with Crippen LogP contribution in [0.3, 0.4) is 0 Å². The van der Waals surface area contributed by atoms with Gasteiger partial charge in [-0.05, 0) is 18.6 Å². The molecule has 0 spiro atoms. The Morgan fingerprint density at radius 2 is 2.25 bits per heavy atom. The Labute approximate surface area is 67.7 Å². The van der Waals surface area contributed by atoms with E-state index in [1.165, 1.54) is 19.2 Å². The van der Waals surface area contributed by atoms with Gasteiger partial charge in [0.1, 0.15) is 5.56 Å². The van der Waals surface area contributed by atoms with Gasteiger partial charge in [-0.1, -0.05) is 0 Å². The van der Waals surface area contributed by atoms with Crippen LogP contribution < -0.4 is 5.56 Å². The molecule has 1 rings (SSSR count). The Morgan fingerprint density at radius 1 is 1.58 bits per heavy atom. The van der Waals surface area contributed by atoms with Crippen molar-refractivity contribution in [3.8, 4) is 0 Å². The number of carboxylic acid groups (broad SMARTS) is 1. The number of aryl methyl sites for hydroxylation is 1. The molecule has 0 atom stereocenters. The van der Waals surface area contributed by atoms with Crippen LogP contribution in [0.25, 0.3) is 0 Å². The monoisotopic (exact) mass is 166 g/mol. The molecule has 1 aromatic rings. The number of hydrogen-bond donors (Lipinski definition) is 1. The van der Waals surface area contributed by atoms with Gasteiger partial charge < -0.3 is 5.11 Å². The van der Waals surface area contributed by atoms with Crippen LogP contribution in [0.2, 0.25) is 0 Å². The van der Waals surface area contributed by atoms with E-state index in [1.807, 2.05) is 0 Å². The summed E-state index contributed by atoms with van der Waals surface area (Å²) in [4.78, 5) is 21.4. The molecule has 0 unspecified atom stereocenters. The average molecular weight is 166 g/mol. The standard InChI is InChI=1S/C7H6N2O3/c1-4-2-3-8-9-6(10)5(4)7(11)12/h2-3H,1H3,(H,11,12). The van der Waals surface area contributed by atoms with E-state index < -0.39 is 11.5 Å². The van der Waals surface area contributed by atoms with Crippen molar-refractivity contribution in [2.45, 2.75) is 6.92 Å². The summed E-state index contributed by atoms with van der Waals surface area (Å²) >= 11 is 0. The smallest absolute Gasteiger partial charge is 0.341 e. The number of hydrogen-bond acceptors (Lipinski definition) is 4. The maximum absolute atomic E-state index is 10.9. The van der Waals surface area contributed by atoms with Crippen LogP contribution in [0.15, 0.2) is 17.1 Å². The largest absolute Gasteiger partial charge is 0.477 e. The average Bonchev–Trinajstić information content (AvgIpc) is 2.11. The number of carbonyl (C=O) groups is 1. The quantitative estimate of drug-likeness (QED) is 0.627. The number of aromatic carboxylic acids is 1. The van der Waals surface area contributed by atoms with Crippen LogP contribution in [-0.4, -0.2) is 21.3 Å². The Bertz CT molecular complexity index is 375. The van der Waals surface area contributed by atoms with E-state index in [0.29, 0.717) is 5.56 Å². The molecule has 0 radical (unpaired) electrons. The zero-order valence-electron chi connectivity index (χ0n) is 6.31. The topological polar surface area (TPSA) is 80.2 Å². The summed E-state index contributed by atoms with van der Waals surface area (Å²) in [7, 11) is 0. The van der Waals surface area contributed by atoms with Crippen molar-refractivity contribution in [2.24, 2.45) is 0 Å². The Kier molecular flexibility index (Phi) is 2.14. The molecule has 0 saturated carbocycles. The van der Waals surface area contributed by atoms with Crippen LogP contribution in [0.5, 0.6) is 0 Å². The van der Waals surface area contributed by atoms with Crippen molar-refractivity contribution < 1.29 is 9.90 Å². The van der Waals surface area contributed by atoms with Gasteiger partial charge >= 0.3 is 11.5 Å². The molecule has 0 amide bonds. The van der Waals surface area contributed by atoms with Gasteiger partial charge in [0.2, 0.25) is 0 Å². The minimum Gasteiger partial charge on any atom is -0.477 e. The predicted molar refractivity (Wildman–Crippen MR) is 40.0 cm³/mol. The van der Waals surface area contributed by atoms with Gasteiger partial charge in [0.25, 0.3) is 0 Å². The molecule has 1 heterocycles. The van der Waals surface area contributed by atoms with Crippen molar-refractivity contribution in [1.82, 2.24) is 10.2 Å². The van der Waals surface area contributed by atoms with Crippen LogP contribution in [0.4, 0.5) is 0 Å².